The van der Waals surface area contributed by atoms with E-state index in [1.165, 1.54) is 6.20 Å². The molecule has 7 heteroatoms. The van der Waals surface area contributed by atoms with E-state index in [1.807, 2.05) is 37.3 Å². The number of nitrogens with one attached hydrogen (secondary N) is 1. The molecule has 0 atom stereocenters. The summed E-state index contributed by atoms with van der Waals surface area (Å²) in [6.07, 6.45) is 6.46. The number of piperidine rings is 1. The topological polar surface area (TPSA) is 85.3 Å². The molecule has 2 aliphatic heterocycles. The minimum absolute atomic E-state index is 0.163. The zero-order chi connectivity index (χ0) is 23.4. The van der Waals surface area contributed by atoms with E-state index in [2.05, 4.69) is 15.4 Å². The molecule has 34 heavy (non-hydrogen) atoms. The van der Waals surface area contributed by atoms with Crippen molar-refractivity contribution in [1.29, 1.82) is 0 Å². The van der Waals surface area contributed by atoms with Crippen molar-refractivity contribution >= 4 is 29.1 Å². The molecule has 1 aliphatic carbocycles. The first-order valence-corrected chi connectivity index (χ1v) is 11.8. The van der Waals surface area contributed by atoms with Gasteiger partial charge in [0.05, 0.1) is 23.1 Å². The Morgan fingerprint density at radius 2 is 1.97 bits per heavy atom. The lowest BCUT2D eigenvalue weighted by atomic mass is 9.88. The summed E-state index contributed by atoms with van der Waals surface area (Å²) in [6, 6.07) is 9.42. The van der Waals surface area contributed by atoms with Crippen LogP contribution in [0.2, 0.25) is 0 Å². The Labute approximate surface area is 197 Å². The van der Waals surface area contributed by atoms with Crippen LogP contribution in [-0.2, 0) is 12.8 Å². The standard InChI is InChI=1S/C27H26FN5O/c1-15-8-19-11-21(2-3-25(19)32-15)33-27(29)23(14-31-33)26(34)20-9-17-12-22(16-4-6-30-7-5-16)24(28)13-18(17)10-20/h2-3,9,11-14,16,30H,4-8,10,29H2,1H3. The van der Waals surface area contributed by atoms with E-state index < -0.39 is 0 Å². The highest BCUT2D eigenvalue weighted by Gasteiger charge is 2.27. The lowest BCUT2D eigenvalue weighted by Crippen LogP contribution is -2.27. The van der Waals surface area contributed by atoms with Crippen LogP contribution in [0, 0.1) is 5.82 Å². The second-order valence-electron chi connectivity index (χ2n) is 9.46. The summed E-state index contributed by atoms with van der Waals surface area (Å²) < 4.78 is 16.5. The van der Waals surface area contributed by atoms with Crippen molar-refractivity contribution in [2.24, 2.45) is 4.99 Å². The number of aromatic nitrogens is 2. The first kappa shape index (κ1) is 21.0. The van der Waals surface area contributed by atoms with Crippen LogP contribution in [-0.4, -0.2) is 34.4 Å². The van der Waals surface area contributed by atoms with Crippen LogP contribution in [0.1, 0.15) is 58.3 Å². The van der Waals surface area contributed by atoms with Crippen LogP contribution in [0.4, 0.5) is 15.9 Å². The lowest BCUT2D eigenvalue weighted by Gasteiger charge is -2.24. The Morgan fingerprint density at radius 3 is 2.79 bits per heavy atom. The van der Waals surface area contributed by atoms with Crippen LogP contribution < -0.4 is 11.1 Å². The Kier molecular flexibility index (Phi) is 4.95. The maximum Gasteiger partial charge on any atom is 0.194 e. The number of rotatable bonds is 4. The van der Waals surface area contributed by atoms with Crippen molar-refractivity contribution in [2.75, 3.05) is 18.8 Å². The van der Waals surface area contributed by atoms with Gasteiger partial charge in [0, 0.05) is 24.1 Å². The Balaban J connectivity index is 1.27. The number of carbonyl (C=O) groups is 1. The van der Waals surface area contributed by atoms with Gasteiger partial charge >= 0.3 is 0 Å². The number of hydrogen-bond acceptors (Lipinski definition) is 5. The van der Waals surface area contributed by atoms with Gasteiger partial charge in [-0.25, -0.2) is 9.07 Å². The van der Waals surface area contributed by atoms with Crippen LogP contribution >= 0.6 is 0 Å². The third kappa shape index (κ3) is 3.47. The van der Waals surface area contributed by atoms with Crippen molar-refractivity contribution in [2.45, 2.75) is 38.5 Å². The van der Waals surface area contributed by atoms with E-state index in [9.17, 15) is 9.18 Å². The van der Waals surface area contributed by atoms with Gasteiger partial charge in [0.25, 0.3) is 0 Å². The number of anilines is 1. The number of hydrogen-bond donors (Lipinski definition) is 2. The molecule has 0 radical (unpaired) electrons. The number of nitrogens with zero attached hydrogens (tertiary/aromatic N) is 3. The molecule has 1 saturated heterocycles. The van der Waals surface area contributed by atoms with Gasteiger partial charge in [0.2, 0.25) is 0 Å². The number of ketones is 1. The largest absolute Gasteiger partial charge is 0.383 e. The molecule has 0 saturated carbocycles. The van der Waals surface area contributed by atoms with E-state index in [0.717, 1.165) is 71.7 Å². The normalized spacial score (nSPS) is 17.4. The zero-order valence-corrected chi connectivity index (χ0v) is 19.1. The molecule has 3 aromatic rings. The van der Waals surface area contributed by atoms with Gasteiger partial charge in [-0.15, -0.1) is 0 Å². The van der Waals surface area contributed by atoms with Gasteiger partial charge in [0.15, 0.2) is 5.78 Å². The summed E-state index contributed by atoms with van der Waals surface area (Å²) in [6.45, 7) is 3.81. The first-order valence-electron chi connectivity index (χ1n) is 11.8. The van der Waals surface area contributed by atoms with Crippen LogP contribution in [0.25, 0.3) is 11.8 Å². The number of allylic oxidation sites excluding steroid dienone is 1. The Morgan fingerprint density at radius 1 is 1.15 bits per heavy atom. The summed E-state index contributed by atoms with van der Waals surface area (Å²) in [4.78, 5) is 17.9. The number of benzene rings is 2. The van der Waals surface area contributed by atoms with Gasteiger partial charge in [-0.05, 0) is 97.4 Å². The average Bonchev–Trinajstić information content (AvgIpc) is 3.53. The average molecular weight is 456 g/mol. The third-order valence-corrected chi connectivity index (χ3v) is 7.16. The highest BCUT2D eigenvalue weighted by Crippen LogP contribution is 2.35. The van der Waals surface area contributed by atoms with Crippen molar-refractivity contribution < 1.29 is 9.18 Å². The summed E-state index contributed by atoms with van der Waals surface area (Å²) in [5.41, 5.74) is 13.9. The van der Waals surface area contributed by atoms with Crippen LogP contribution in [0.3, 0.4) is 0 Å². The van der Waals surface area contributed by atoms with Crippen molar-refractivity contribution in [3.8, 4) is 5.69 Å². The van der Waals surface area contributed by atoms with Gasteiger partial charge in [-0.3, -0.25) is 9.79 Å². The molecule has 0 unspecified atom stereocenters. The summed E-state index contributed by atoms with van der Waals surface area (Å²) in [5, 5.41) is 7.73. The molecule has 172 valence electrons. The fraction of sp³-hybridized carbons (Fsp3) is 0.296. The highest BCUT2D eigenvalue weighted by molar-refractivity contribution is 6.15. The number of carbonyl (C=O) groups excluding carboxylic acids is 1. The minimum Gasteiger partial charge on any atom is -0.383 e. The molecule has 3 heterocycles. The van der Waals surface area contributed by atoms with E-state index in [1.54, 1.807) is 10.7 Å². The number of fused-ring (bicyclic) bond motifs is 2. The molecule has 0 amide bonds. The second-order valence-corrected chi connectivity index (χ2v) is 9.46. The van der Waals surface area contributed by atoms with Crippen molar-refractivity contribution in [3.05, 3.63) is 75.7 Å². The third-order valence-electron chi connectivity index (χ3n) is 7.16. The second kappa shape index (κ2) is 8.02. The number of aliphatic imine (C=N–C) groups is 1. The Hall–Kier alpha value is -3.58. The fourth-order valence-electron chi connectivity index (χ4n) is 5.36. The first-order chi connectivity index (χ1) is 16.5. The van der Waals surface area contributed by atoms with E-state index >= 15 is 0 Å². The quantitative estimate of drug-likeness (QED) is 0.566. The van der Waals surface area contributed by atoms with Gasteiger partial charge < -0.3 is 11.1 Å². The fourth-order valence-corrected chi connectivity index (χ4v) is 5.36. The Bertz CT molecular complexity index is 1390. The number of nitrogens with two attached hydrogens (primary N) is 1. The summed E-state index contributed by atoms with van der Waals surface area (Å²) in [7, 11) is 0. The number of nitrogen functional groups attached to an aromatic ring is 1. The van der Waals surface area contributed by atoms with Gasteiger partial charge in [-0.1, -0.05) is 0 Å². The molecule has 6 nitrogen and oxygen atoms in total. The van der Waals surface area contributed by atoms with E-state index in [4.69, 9.17) is 5.73 Å². The van der Waals surface area contributed by atoms with Crippen LogP contribution in [0.15, 0.2) is 47.1 Å². The molecule has 1 aromatic heterocycles. The van der Waals surface area contributed by atoms with Gasteiger partial charge in [-0.2, -0.15) is 5.10 Å². The number of halogens is 1. The molecular formula is C27H26FN5O. The smallest absolute Gasteiger partial charge is 0.194 e. The zero-order valence-electron chi connectivity index (χ0n) is 19.1. The monoisotopic (exact) mass is 455 g/mol. The number of Topliss-reactive ketones (excluding diaryl/α,β-unsaturated/α-hetero) is 1. The lowest BCUT2D eigenvalue weighted by molar-refractivity contribution is 0.103. The summed E-state index contributed by atoms with van der Waals surface area (Å²) >= 11 is 0. The molecular weight excluding hydrogens is 429 g/mol. The maximum atomic E-state index is 14.9. The molecule has 0 bridgehead atoms. The molecule has 3 N–H and O–H groups in total. The summed E-state index contributed by atoms with van der Waals surface area (Å²) in [5.74, 6) is 0.189. The highest BCUT2D eigenvalue weighted by atomic mass is 19.1. The molecule has 3 aliphatic rings. The molecule has 2 aromatic carbocycles. The SMILES string of the molecule is CC1=Nc2ccc(-n3ncc(C(=O)C4=Cc5cc(C6CCNCC6)c(F)cc5C4)c3N)cc2C1. The maximum absolute atomic E-state index is 14.9. The minimum atomic E-state index is -0.170. The van der Waals surface area contributed by atoms with Crippen molar-refractivity contribution in [1.82, 2.24) is 15.1 Å². The van der Waals surface area contributed by atoms with Crippen LogP contribution in [0.5, 0.6) is 0 Å². The molecule has 0 spiro atoms. The predicted octanol–water partition coefficient (Wildman–Crippen LogP) is 4.53. The van der Waals surface area contributed by atoms with E-state index in [-0.39, 0.29) is 17.5 Å². The van der Waals surface area contributed by atoms with Crippen molar-refractivity contribution in [3.63, 3.8) is 0 Å². The molecule has 6 rings (SSSR count). The van der Waals surface area contributed by atoms with E-state index in [0.29, 0.717) is 23.4 Å². The molecule has 1 fully saturated rings. The van der Waals surface area contributed by atoms with Gasteiger partial charge in [0.1, 0.15) is 11.6 Å². The predicted molar refractivity (Wildman–Crippen MR) is 132 cm³/mol.